The van der Waals surface area contributed by atoms with Crippen molar-refractivity contribution in [3.63, 3.8) is 0 Å². The predicted octanol–water partition coefficient (Wildman–Crippen LogP) is 2.44. The molecule has 0 spiro atoms. The highest BCUT2D eigenvalue weighted by atomic mass is 35.5. The van der Waals surface area contributed by atoms with Crippen LogP contribution in [-0.2, 0) is 6.54 Å². The summed E-state index contributed by atoms with van der Waals surface area (Å²) in [5.41, 5.74) is 1.56. The summed E-state index contributed by atoms with van der Waals surface area (Å²) in [7, 11) is 0. The van der Waals surface area contributed by atoms with Crippen LogP contribution in [-0.4, -0.2) is 23.6 Å². The van der Waals surface area contributed by atoms with Crippen LogP contribution in [0.4, 0.5) is 0 Å². The third-order valence-corrected chi connectivity index (χ3v) is 3.44. The average molecular weight is 265 g/mol. The van der Waals surface area contributed by atoms with Crippen LogP contribution >= 0.6 is 11.6 Å². The normalized spacial score (nSPS) is 13.4. The van der Waals surface area contributed by atoms with Crippen molar-refractivity contribution in [1.82, 2.24) is 9.88 Å². The van der Waals surface area contributed by atoms with Crippen molar-refractivity contribution in [1.29, 1.82) is 0 Å². The number of ether oxygens (including phenoxy) is 1. The van der Waals surface area contributed by atoms with E-state index in [2.05, 4.69) is 5.32 Å². The van der Waals surface area contributed by atoms with Crippen LogP contribution < -0.4 is 10.1 Å². The van der Waals surface area contributed by atoms with Crippen LogP contribution in [0.2, 0.25) is 5.02 Å². The van der Waals surface area contributed by atoms with Gasteiger partial charge in [0.2, 0.25) is 0 Å². The summed E-state index contributed by atoms with van der Waals surface area (Å²) >= 11 is 6.18. The Morgan fingerprint density at radius 2 is 2.39 bits per heavy atom. The molecular weight excluding hydrogens is 252 g/mol. The molecule has 1 aliphatic rings. The summed E-state index contributed by atoms with van der Waals surface area (Å²) in [5, 5.41) is 4.33. The van der Waals surface area contributed by atoms with Gasteiger partial charge >= 0.3 is 0 Å². The van der Waals surface area contributed by atoms with Gasteiger partial charge < -0.3 is 14.6 Å². The highest BCUT2D eigenvalue weighted by Gasteiger charge is 2.22. The summed E-state index contributed by atoms with van der Waals surface area (Å²) in [6.45, 7) is 3.75. The maximum absolute atomic E-state index is 12.0. The highest BCUT2D eigenvalue weighted by molar-refractivity contribution is 6.36. The molecule has 0 atom stereocenters. The Kier molecular flexibility index (Phi) is 2.67. The molecule has 1 aromatic carbocycles. The van der Waals surface area contributed by atoms with E-state index >= 15 is 0 Å². The smallest absolute Gasteiger partial charge is 0.267 e. The Hall–Kier alpha value is -1.68. The monoisotopic (exact) mass is 264 g/mol. The third-order valence-electron chi connectivity index (χ3n) is 3.11. The zero-order valence-electron chi connectivity index (χ0n) is 10.00. The van der Waals surface area contributed by atoms with Crippen molar-refractivity contribution in [3.8, 4) is 5.75 Å². The molecule has 0 aliphatic carbocycles. The van der Waals surface area contributed by atoms with Crippen molar-refractivity contribution < 1.29 is 9.53 Å². The molecule has 0 unspecified atom stereocenters. The fraction of sp³-hybridized carbons (Fsp3) is 0.308. The molecule has 94 valence electrons. The Morgan fingerprint density at radius 3 is 3.17 bits per heavy atom. The standard InChI is InChI=1S/C13H13ClN2O2/c1-2-15-13(17)10-7-8-9(14)3-4-11-12(8)16(10)5-6-18-11/h3-4,7H,2,5-6H2,1H3,(H,15,17). The third kappa shape index (κ3) is 1.56. The summed E-state index contributed by atoms with van der Waals surface area (Å²) in [5.74, 6) is 0.716. The number of halogens is 1. The molecular formula is C13H13ClN2O2. The van der Waals surface area contributed by atoms with Gasteiger partial charge in [0.1, 0.15) is 18.1 Å². The SMILES string of the molecule is CCNC(=O)c1cc2c(Cl)ccc3c2n1CCO3. The van der Waals surface area contributed by atoms with Gasteiger partial charge in [-0.3, -0.25) is 4.79 Å². The largest absolute Gasteiger partial charge is 0.490 e. The minimum Gasteiger partial charge on any atom is -0.490 e. The first-order valence-electron chi connectivity index (χ1n) is 5.95. The van der Waals surface area contributed by atoms with Crippen molar-refractivity contribution in [2.24, 2.45) is 0 Å². The predicted molar refractivity (Wildman–Crippen MR) is 70.5 cm³/mol. The summed E-state index contributed by atoms with van der Waals surface area (Å²) < 4.78 is 7.57. The van der Waals surface area contributed by atoms with Gasteiger partial charge in [0.05, 0.1) is 17.1 Å². The highest BCUT2D eigenvalue weighted by Crippen LogP contribution is 2.36. The number of aromatic nitrogens is 1. The van der Waals surface area contributed by atoms with E-state index in [-0.39, 0.29) is 5.91 Å². The van der Waals surface area contributed by atoms with Crippen molar-refractivity contribution >= 4 is 28.4 Å². The lowest BCUT2D eigenvalue weighted by Crippen LogP contribution is -2.27. The number of nitrogens with one attached hydrogen (secondary N) is 1. The van der Waals surface area contributed by atoms with Crippen LogP contribution in [0.3, 0.4) is 0 Å². The minimum absolute atomic E-state index is 0.0717. The molecule has 4 nitrogen and oxygen atoms in total. The molecule has 1 N–H and O–H groups in total. The van der Waals surface area contributed by atoms with Crippen LogP contribution in [0.25, 0.3) is 10.9 Å². The maximum Gasteiger partial charge on any atom is 0.267 e. The van der Waals surface area contributed by atoms with Crippen LogP contribution in [0.1, 0.15) is 17.4 Å². The molecule has 1 aliphatic heterocycles. The van der Waals surface area contributed by atoms with Gasteiger partial charge in [-0.05, 0) is 25.1 Å². The van der Waals surface area contributed by atoms with E-state index in [1.54, 1.807) is 6.07 Å². The summed E-state index contributed by atoms with van der Waals surface area (Å²) in [4.78, 5) is 12.0. The molecule has 0 saturated heterocycles. The quantitative estimate of drug-likeness (QED) is 0.905. The Bertz CT molecular complexity index is 633. The van der Waals surface area contributed by atoms with E-state index in [0.29, 0.717) is 30.4 Å². The van der Waals surface area contributed by atoms with Crippen molar-refractivity contribution in [2.75, 3.05) is 13.2 Å². The maximum atomic E-state index is 12.0. The topological polar surface area (TPSA) is 43.3 Å². The zero-order chi connectivity index (χ0) is 12.7. The number of rotatable bonds is 2. The Balaban J connectivity index is 2.26. The number of carbonyl (C=O) groups excluding carboxylic acids is 1. The summed E-state index contributed by atoms with van der Waals surface area (Å²) in [6, 6.07) is 5.49. The molecule has 2 aromatic rings. The molecule has 1 amide bonds. The second-order valence-corrected chi connectivity index (χ2v) is 4.60. The Labute approximate surface area is 109 Å². The molecule has 0 bridgehead atoms. The number of hydrogen-bond acceptors (Lipinski definition) is 2. The number of benzene rings is 1. The van der Waals surface area contributed by atoms with Gasteiger partial charge in [-0.2, -0.15) is 0 Å². The lowest BCUT2D eigenvalue weighted by molar-refractivity contribution is 0.0945. The average Bonchev–Trinajstić information content (AvgIpc) is 2.76. The van der Waals surface area contributed by atoms with E-state index in [1.807, 2.05) is 23.6 Å². The first-order valence-corrected chi connectivity index (χ1v) is 6.33. The Morgan fingerprint density at radius 1 is 1.56 bits per heavy atom. The first-order chi connectivity index (χ1) is 8.72. The van der Waals surface area contributed by atoms with Gasteiger partial charge in [0.25, 0.3) is 5.91 Å². The van der Waals surface area contributed by atoms with Gasteiger partial charge in [-0.1, -0.05) is 11.6 Å². The molecule has 5 heteroatoms. The number of amides is 1. The van der Waals surface area contributed by atoms with Crippen LogP contribution in [0.15, 0.2) is 18.2 Å². The lowest BCUT2D eigenvalue weighted by Gasteiger charge is -2.18. The van der Waals surface area contributed by atoms with Gasteiger partial charge in [-0.25, -0.2) is 0 Å². The molecule has 18 heavy (non-hydrogen) atoms. The van der Waals surface area contributed by atoms with Gasteiger partial charge in [0.15, 0.2) is 0 Å². The fourth-order valence-corrected chi connectivity index (χ4v) is 2.56. The van der Waals surface area contributed by atoms with E-state index in [4.69, 9.17) is 16.3 Å². The second-order valence-electron chi connectivity index (χ2n) is 4.20. The van der Waals surface area contributed by atoms with Crippen LogP contribution in [0, 0.1) is 0 Å². The van der Waals surface area contributed by atoms with Crippen molar-refractivity contribution in [2.45, 2.75) is 13.5 Å². The summed E-state index contributed by atoms with van der Waals surface area (Å²) in [6.07, 6.45) is 0. The molecule has 0 fully saturated rings. The number of hydrogen-bond donors (Lipinski definition) is 1. The fourth-order valence-electron chi connectivity index (χ4n) is 2.35. The van der Waals surface area contributed by atoms with Gasteiger partial charge in [-0.15, -0.1) is 0 Å². The number of nitrogens with zero attached hydrogens (tertiary/aromatic N) is 1. The minimum atomic E-state index is -0.0717. The van der Waals surface area contributed by atoms with Crippen LogP contribution in [0.5, 0.6) is 5.75 Å². The van der Waals surface area contributed by atoms with E-state index in [0.717, 1.165) is 16.7 Å². The molecule has 3 rings (SSSR count). The zero-order valence-corrected chi connectivity index (χ0v) is 10.8. The second kappa shape index (κ2) is 4.21. The molecule has 0 radical (unpaired) electrons. The molecule has 0 saturated carbocycles. The number of carbonyl (C=O) groups is 1. The van der Waals surface area contributed by atoms with Crippen molar-refractivity contribution in [3.05, 3.63) is 28.9 Å². The van der Waals surface area contributed by atoms with E-state index in [9.17, 15) is 4.79 Å². The van der Waals surface area contributed by atoms with Gasteiger partial charge in [0, 0.05) is 11.9 Å². The van der Waals surface area contributed by atoms with E-state index < -0.39 is 0 Å². The lowest BCUT2D eigenvalue weighted by atomic mass is 10.2. The first kappa shape index (κ1) is 11.4. The van der Waals surface area contributed by atoms with E-state index in [1.165, 1.54) is 0 Å². The molecule has 2 heterocycles. The molecule has 1 aromatic heterocycles.